The predicted octanol–water partition coefficient (Wildman–Crippen LogP) is 4.47. The summed E-state index contributed by atoms with van der Waals surface area (Å²) in [4.78, 5) is 0. The van der Waals surface area contributed by atoms with E-state index < -0.39 is 0 Å². The van der Waals surface area contributed by atoms with Crippen LogP contribution in [-0.4, -0.2) is 7.11 Å². The van der Waals surface area contributed by atoms with Crippen molar-refractivity contribution in [2.45, 2.75) is 38.5 Å². The number of hydrogen-bond acceptors (Lipinski definition) is 2. The fourth-order valence-electron chi connectivity index (χ4n) is 2.81. The molecule has 0 spiro atoms. The minimum absolute atomic E-state index is 0.188. The number of hydrogen-bond donors (Lipinski definition) is 0. The maximum atomic E-state index is 9.53. The van der Waals surface area contributed by atoms with E-state index >= 15 is 0 Å². The van der Waals surface area contributed by atoms with Gasteiger partial charge in [0, 0.05) is 4.47 Å². The lowest BCUT2D eigenvalue weighted by Gasteiger charge is -2.31. The van der Waals surface area contributed by atoms with Crippen LogP contribution in [0.25, 0.3) is 0 Å². The summed E-state index contributed by atoms with van der Waals surface area (Å²) in [6.07, 6.45) is 6.43. The highest BCUT2D eigenvalue weighted by Crippen LogP contribution is 2.40. The quantitative estimate of drug-likeness (QED) is 0.825. The molecule has 0 atom stereocenters. The van der Waals surface area contributed by atoms with Crippen LogP contribution >= 0.6 is 15.9 Å². The lowest BCUT2D eigenvalue weighted by molar-refractivity contribution is 0.262. The molecule has 1 aliphatic carbocycles. The van der Waals surface area contributed by atoms with Crippen LogP contribution in [-0.2, 0) is 6.42 Å². The first-order valence-corrected chi connectivity index (χ1v) is 7.22. The lowest BCUT2D eigenvalue weighted by Crippen LogP contribution is -2.25. The maximum Gasteiger partial charge on any atom is 0.122 e. The number of halogens is 1. The first-order valence-electron chi connectivity index (χ1n) is 6.43. The third kappa shape index (κ3) is 2.87. The maximum absolute atomic E-state index is 9.53. The molecule has 96 valence electrons. The third-order valence-corrected chi connectivity index (χ3v) is 4.31. The highest BCUT2D eigenvalue weighted by atomic mass is 79.9. The minimum atomic E-state index is -0.188. The van der Waals surface area contributed by atoms with E-state index in [1.54, 1.807) is 7.11 Å². The fourth-order valence-corrected chi connectivity index (χ4v) is 3.22. The Morgan fingerprint density at radius 3 is 2.67 bits per heavy atom. The van der Waals surface area contributed by atoms with Crippen molar-refractivity contribution in [3.05, 3.63) is 28.2 Å². The summed E-state index contributed by atoms with van der Waals surface area (Å²) in [6.45, 7) is 0. The van der Waals surface area contributed by atoms with Gasteiger partial charge in [0.1, 0.15) is 5.75 Å². The number of ether oxygens (including phenoxy) is 1. The van der Waals surface area contributed by atoms with Gasteiger partial charge >= 0.3 is 0 Å². The Kier molecular flexibility index (Phi) is 4.29. The monoisotopic (exact) mass is 307 g/mol. The van der Waals surface area contributed by atoms with Crippen molar-refractivity contribution in [3.63, 3.8) is 0 Å². The van der Waals surface area contributed by atoms with Gasteiger partial charge in [-0.15, -0.1) is 0 Å². The van der Waals surface area contributed by atoms with Gasteiger partial charge in [0.15, 0.2) is 0 Å². The molecule has 18 heavy (non-hydrogen) atoms. The molecule has 0 amide bonds. The van der Waals surface area contributed by atoms with Gasteiger partial charge in [0.2, 0.25) is 0 Å². The van der Waals surface area contributed by atoms with Gasteiger partial charge in [-0.2, -0.15) is 5.26 Å². The van der Waals surface area contributed by atoms with Gasteiger partial charge in [0.05, 0.1) is 18.6 Å². The summed E-state index contributed by atoms with van der Waals surface area (Å²) in [5.41, 5.74) is 0.946. The van der Waals surface area contributed by atoms with Crippen molar-refractivity contribution < 1.29 is 4.74 Å². The number of nitriles is 1. The van der Waals surface area contributed by atoms with Crippen molar-refractivity contribution in [1.82, 2.24) is 0 Å². The second-order valence-corrected chi connectivity index (χ2v) is 6.00. The summed E-state index contributed by atoms with van der Waals surface area (Å²) in [5, 5.41) is 9.53. The molecular weight excluding hydrogens is 290 g/mol. The van der Waals surface area contributed by atoms with E-state index in [4.69, 9.17) is 4.74 Å². The standard InChI is InChI=1S/C15H18BrNO/c1-18-14-6-5-13(16)9-12(14)10-15(11-17)7-3-2-4-8-15/h5-6,9H,2-4,7-8,10H2,1H3. The van der Waals surface area contributed by atoms with Crippen molar-refractivity contribution in [1.29, 1.82) is 5.26 Å². The highest BCUT2D eigenvalue weighted by molar-refractivity contribution is 9.10. The molecule has 1 saturated carbocycles. The SMILES string of the molecule is COc1ccc(Br)cc1CC1(C#N)CCCCC1. The molecule has 1 aliphatic rings. The molecule has 1 fully saturated rings. The second-order valence-electron chi connectivity index (χ2n) is 5.09. The molecule has 0 N–H and O–H groups in total. The first kappa shape index (κ1) is 13.4. The smallest absolute Gasteiger partial charge is 0.122 e. The summed E-state index contributed by atoms with van der Waals surface area (Å²) < 4.78 is 6.44. The van der Waals surface area contributed by atoms with Crippen LogP contribution < -0.4 is 4.74 Å². The van der Waals surface area contributed by atoms with E-state index in [0.717, 1.165) is 35.0 Å². The zero-order valence-corrected chi connectivity index (χ0v) is 12.3. The van der Waals surface area contributed by atoms with Crippen LogP contribution in [0.2, 0.25) is 0 Å². The Bertz CT molecular complexity index is 458. The minimum Gasteiger partial charge on any atom is -0.496 e. The summed E-state index contributed by atoms with van der Waals surface area (Å²) >= 11 is 3.49. The van der Waals surface area contributed by atoms with Gasteiger partial charge in [-0.1, -0.05) is 35.2 Å². The van der Waals surface area contributed by atoms with Crippen molar-refractivity contribution >= 4 is 15.9 Å². The van der Waals surface area contributed by atoms with Crippen LogP contribution in [0.3, 0.4) is 0 Å². The van der Waals surface area contributed by atoms with Gasteiger partial charge in [-0.05, 0) is 43.0 Å². The molecular formula is C15H18BrNO. The zero-order valence-electron chi connectivity index (χ0n) is 10.7. The lowest BCUT2D eigenvalue weighted by atomic mass is 9.71. The normalized spacial score (nSPS) is 18.1. The van der Waals surface area contributed by atoms with E-state index in [1.807, 2.05) is 12.1 Å². The Morgan fingerprint density at radius 2 is 2.06 bits per heavy atom. The Labute approximate surface area is 117 Å². The van der Waals surface area contributed by atoms with Crippen molar-refractivity contribution in [2.75, 3.05) is 7.11 Å². The molecule has 1 aromatic carbocycles. The molecule has 0 aliphatic heterocycles. The summed E-state index contributed by atoms with van der Waals surface area (Å²) in [7, 11) is 1.69. The van der Waals surface area contributed by atoms with Crippen LogP contribution in [0.5, 0.6) is 5.75 Å². The van der Waals surface area contributed by atoms with Gasteiger partial charge in [0.25, 0.3) is 0 Å². The molecule has 0 saturated heterocycles. The molecule has 0 heterocycles. The molecule has 2 rings (SSSR count). The average molecular weight is 308 g/mol. The Balaban J connectivity index is 2.26. The Morgan fingerprint density at radius 1 is 1.33 bits per heavy atom. The predicted molar refractivity (Wildman–Crippen MR) is 75.5 cm³/mol. The van der Waals surface area contributed by atoms with Crippen LogP contribution in [0.1, 0.15) is 37.7 Å². The number of benzene rings is 1. The number of rotatable bonds is 3. The summed E-state index contributed by atoms with van der Waals surface area (Å²) in [6, 6.07) is 8.58. The van der Waals surface area contributed by atoms with E-state index in [0.29, 0.717) is 0 Å². The fraction of sp³-hybridized carbons (Fsp3) is 0.533. The summed E-state index contributed by atoms with van der Waals surface area (Å²) in [5.74, 6) is 0.887. The van der Waals surface area contributed by atoms with Gasteiger partial charge < -0.3 is 4.74 Å². The number of methoxy groups -OCH3 is 1. The van der Waals surface area contributed by atoms with E-state index in [-0.39, 0.29) is 5.41 Å². The average Bonchev–Trinajstić information content (AvgIpc) is 2.40. The molecule has 2 nitrogen and oxygen atoms in total. The molecule has 0 radical (unpaired) electrons. The number of nitrogens with zero attached hydrogens (tertiary/aromatic N) is 1. The first-order chi connectivity index (χ1) is 8.69. The van der Waals surface area contributed by atoms with E-state index in [1.165, 1.54) is 19.3 Å². The van der Waals surface area contributed by atoms with Gasteiger partial charge in [-0.3, -0.25) is 0 Å². The van der Waals surface area contributed by atoms with Crippen molar-refractivity contribution in [2.24, 2.45) is 5.41 Å². The zero-order chi connectivity index (χ0) is 13.0. The molecule has 0 unspecified atom stereocenters. The highest BCUT2D eigenvalue weighted by Gasteiger charge is 2.33. The molecule has 1 aromatic rings. The Hall–Kier alpha value is -1.01. The third-order valence-electron chi connectivity index (χ3n) is 3.82. The van der Waals surface area contributed by atoms with E-state index in [9.17, 15) is 5.26 Å². The largest absolute Gasteiger partial charge is 0.496 e. The van der Waals surface area contributed by atoms with Crippen LogP contribution in [0, 0.1) is 16.7 Å². The molecule has 3 heteroatoms. The molecule has 0 aromatic heterocycles. The van der Waals surface area contributed by atoms with Gasteiger partial charge in [-0.25, -0.2) is 0 Å². The van der Waals surface area contributed by atoms with Crippen LogP contribution in [0.15, 0.2) is 22.7 Å². The van der Waals surface area contributed by atoms with Crippen molar-refractivity contribution in [3.8, 4) is 11.8 Å². The topological polar surface area (TPSA) is 33.0 Å². The second kappa shape index (κ2) is 5.75. The molecule has 0 bridgehead atoms. The van der Waals surface area contributed by atoms with E-state index in [2.05, 4.69) is 28.1 Å². The van der Waals surface area contributed by atoms with Crippen LogP contribution in [0.4, 0.5) is 0 Å².